The summed E-state index contributed by atoms with van der Waals surface area (Å²) in [6.07, 6.45) is -24.0. The maximum absolute atomic E-state index is 13.9. The van der Waals surface area contributed by atoms with Crippen LogP contribution in [0.5, 0.6) is 0 Å². The van der Waals surface area contributed by atoms with Gasteiger partial charge in [-0.3, -0.25) is 0 Å². The van der Waals surface area contributed by atoms with Crippen molar-refractivity contribution in [1.29, 1.82) is 0 Å². The van der Waals surface area contributed by atoms with Crippen molar-refractivity contribution in [2.45, 2.75) is 231 Å². The molecular weight excluding hydrogens is 1320 g/mol. The second-order valence-corrected chi connectivity index (χ2v) is 26.0. The normalized spacial score (nSPS) is 47.3. The fourth-order valence-corrected chi connectivity index (χ4v) is 16.2. The molecule has 26 heteroatoms. The Hall–Kier alpha value is 0.262. The van der Waals surface area contributed by atoms with E-state index in [4.69, 9.17) is 37.9 Å². The zero-order valence-corrected chi connectivity index (χ0v) is 57.9. The summed E-state index contributed by atoms with van der Waals surface area (Å²) in [5.41, 5.74) is -4.40. The molecule has 8 rings (SSSR count). The van der Waals surface area contributed by atoms with Crippen molar-refractivity contribution >= 4 is 17.9 Å². The summed E-state index contributed by atoms with van der Waals surface area (Å²) >= 11 is 0. The Kier molecular flexibility index (Phi) is 24.6. The van der Waals surface area contributed by atoms with Gasteiger partial charge in [0, 0.05) is 120 Å². The number of esters is 2. The number of carboxylic acid groups (broad SMARTS) is 1. The minimum Gasteiger partial charge on any atom is -0.479 e. The van der Waals surface area contributed by atoms with Crippen LogP contribution in [0, 0.1) is 50.2 Å². The Morgan fingerprint density at radius 1 is 0.627 bits per heavy atom. The van der Waals surface area contributed by atoms with E-state index in [2.05, 4.69) is 19.9 Å². The van der Waals surface area contributed by atoms with Crippen molar-refractivity contribution < 1.29 is 212 Å². The van der Waals surface area contributed by atoms with Crippen molar-refractivity contribution in [2.24, 2.45) is 50.2 Å². The third kappa shape index (κ3) is 12.2. The van der Waals surface area contributed by atoms with Crippen LogP contribution in [0.25, 0.3) is 0 Å². The molecule has 3 aliphatic heterocycles. The van der Waals surface area contributed by atoms with Crippen LogP contribution in [0.4, 0.5) is 0 Å². The van der Waals surface area contributed by atoms with E-state index in [0.29, 0.717) is 37.7 Å². The van der Waals surface area contributed by atoms with Crippen LogP contribution in [0.15, 0.2) is 34.9 Å². The van der Waals surface area contributed by atoms with Crippen LogP contribution in [0.1, 0.15) is 115 Å². The molecule has 83 heavy (non-hydrogen) atoms. The summed E-state index contributed by atoms with van der Waals surface area (Å²) in [5.74, 6) is -4.01. The molecule has 8 unspecified atom stereocenters. The summed E-state index contributed by atoms with van der Waals surface area (Å²) in [5, 5.41) is 134. The third-order valence-corrected chi connectivity index (χ3v) is 21.4. The molecule has 3 radical (unpaired) electrons. The van der Waals surface area contributed by atoms with E-state index in [1.165, 1.54) is 0 Å². The van der Waals surface area contributed by atoms with Gasteiger partial charge in [0.2, 0.25) is 0 Å². The molecule has 0 aromatic rings. The second-order valence-electron chi connectivity index (χ2n) is 26.0. The summed E-state index contributed by atoms with van der Waals surface area (Å²) in [7, 11) is 0. The quantitative estimate of drug-likeness (QED) is 0.0480. The first-order chi connectivity index (χ1) is 37.3. The summed E-state index contributed by atoms with van der Waals surface area (Å²) in [6.45, 7) is 18.4. The minimum absolute atomic E-state index is 0. The Balaban J connectivity index is 0.00000420. The maximum Gasteiger partial charge on any atom is 0.335 e. The largest absolute Gasteiger partial charge is 0.479 e. The first kappa shape index (κ1) is 74.0. The molecule has 0 amide bonds. The summed E-state index contributed by atoms with van der Waals surface area (Å²) in [4.78, 5) is 40.3. The van der Waals surface area contributed by atoms with Gasteiger partial charge in [-0.25, -0.2) is 14.4 Å². The van der Waals surface area contributed by atoms with Gasteiger partial charge in [-0.1, -0.05) is 72.3 Å². The number of rotatable bonds is 14. The van der Waals surface area contributed by atoms with E-state index in [-0.39, 0.29) is 122 Å². The molecular formula is C57H88O23Y3. The van der Waals surface area contributed by atoms with Gasteiger partial charge in [-0.15, -0.1) is 0 Å². The number of allylic oxidation sites excluding steroid dienone is 3. The van der Waals surface area contributed by atoms with Gasteiger partial charge in [-0.2, -0.15) is 0 Å². The Morgan fingerprint density at radius 3 is 1.66 bits per heavy atom. The Bertz CT molecular complexity index is 2410. The number of ether oxygens (including phenoxy) is 8. The minimum atomic E-state index is -2.13. The predicted molar refractivity (Wildman–Crippen MR) is 277 cm³/mol. The molecule has 0 aromatic heterocycles. The van der Waals surface area contributed by atoms with Crippen LogP contribution in [-0.2, 0) is 150 Å². The molecule has 3 heterocycles. The zero-order chi connectivity index (χ0) is 59.3. The van der Waals surface area contributed by atoms with Gasteiger partial charge in [0.15, 0.2) is 31.1 Å². The van der Waals surface area contributed by atoms with E-state index in [9.17, 15) is 75.7 Å². The maximum atomic E-state index is 13.9. The monoisotopic (exact) mass is 1410 g/mol. The molecule has 0 spiro atoms. The topological polar surface area (TPSA) is 368 Å². The van der Waals surface area contributed by atoms with Gasteiger partial charge in [0.05, 0.1) is 43.5 Å². The average molecular weight is 1410 g/mol. The van der Waals surface area contributed by atoms with Crippen LogP contribution in [0.3, 0.4) is 0 Å². The molecule has 4 saturated carbocycles. The van der Waals surface area contributed by atoms with Crippen molar-refractivity contribution in [3.63, 3.8) is 0 Å². The van der Waals surface area contributed by atoms with Crippen LogP contribution < -0.4 is 0 Å². The smallest absolute Gasteiger partial charge is 0.335 e. The molecule has 7 fully saturated rings. The van der Waals surface area contributed by atoms with Crippen LogP contribution >= 0.6 is 0 Å². The summed E-state index contributed by atoms with van der Waals surface area (Å²) < 4.78 is 49.0. The standard InChI is InChI=1S/C57H88O23.3Y/c1-12-24(3)47(71)79-44-45(80-48(72)25(4)13-2)57(23-60)27(20-52(44,5)6)26-14-15-31-54(9)18-17-32(53(7,8)30(54)16-19-55(31,10)56(26,11)42(67)43(57)68)75-51-41(78-50-37(65)35(63)33(61)28(21-58)73-50)39(38(66)40(77-51)46(69)70)76-49-36(64)34(62)29(22-59)74-49;;;/h12-14,27-45,49-51,58-68H,15-23H2,1-11H3,(H,69,70);;;/b24-12-,25-13-;;;/t27?,28?,29-,30?,31?,32-,33-,34+,35+,36?,37?,38-,39+,40?,41?,42-,43+,44-,45-,49-,50-,51+,54-,55+,56-,57-;;;/m0.../s1. The fraction of sp³-hybridized carbons (Fsp3) is 0.842. The third-order valence-electron chi connectivity index (χ3n) is 21.4. The first-order valence-electron chi connectivity index (χ1n) is 28.1. The van der Waals surface area contributed by atoms with Crippen molar-refractivity contribution in [2.75, 3.05) is 19.8 Å². The number of aliphatic hydroxyl groups excluding tert-OH is 11. The molecule has 0 bridgehead atoms. The molecule has 0 aromatic carbocycles. The van der Waals surface area contributed by atoms with Crippen molar-refractivity contribution in [3.8, 4) is 0 Å². The molecule has 5 aliphatic carbocycles. The second kappa shape index (κ2) is 27.6. The number of hydrogen-bond acceptors (Lipinski definition) is 22. The van der Waals surface area contributed by atoms with Gasteiger partial charge < -0.3 is 99.2 Å². The fourth-order valence-electron chi connectivity index (χ4n) is 16.2. The van der Waals surface area contributed by atoms with E-state index in [0.717, 1.165) is 5.57 Å². The van der Waals surface area contributed by atoms with Crippen LogP contribution in [0.2, 0.25) is 0 Å². The van der Waals surface area contributed by atoms with E-state index in [1.807, 2.05) is 34.6 Å². The molecule has 23 nitrogen and oxygen atoms in total. The van der Waals surface area contributed by atoms with E-state index < -0.39 is 193 Å². The molecule has 26 atom stereocenters. The van der Waals surface area contributed by atoms with E-state index >= 15 is 0 Å². The molecule has 463 valence electrons. The van der Waals surface area contributed by atoms with Crippen LogP contribution in [-0.4, -0.2) is 216 Å². The number of aliphatic hydroxyl groups is 11. The number of carboxylic acids is 1. The Labute approximate surface area is 560 Å². The van der Waals surface area contributed by atoms with Gasteiger partial charge >= 0.3 is 17.9 Å². The first-order valence-corrected chi connectivity index (χ1v) is 28.1. The van der Waals surface area contributed by atoms with Crippen molar-refractivity contribution in [1.82, 2.24) is 0 Å². The number of aliphatic carboxylic acids is 1. The van der Waals surface area contributed by atoms with Gasteiger partial charge in [0.1, 0.15) is 67.1 Å². The van der Waals surface area contributed by atoms with Crippen molar-refractivity contribution in [3.05, 3.63) is 34.9 Å². The molecule has 8 aliphatic rings. The zero-order valence-electron chi connectivity index (χ0n) is 49.4. The van der Waals surface area contributed by atoms with E-state index in [1.54, 1.807) is 39.8 Å². The predicted octanol–water partition coefficient (Wildman–Crippen LogP) is 0.255. The average Bonchev–Trinajstić information content (AvgIpc) is 3.82. The number of carbonyl (C=O) groups excluding carboxylic acids is 2. The number of carbonyl (C=O) groups is 3. The van der Waals surface area contributed by atoms with Gasteiger partial charge in [0.25, 0.3) is 0 Å². The van der Waals surface area contributed by atoms with Gasteiger partial charge in [-0.05, 0) is 100 Å². The summed E-state index contributed by atoms with van der Waals surface area (Å²) in [6, 6.07) is 0. The number of hydrogen-bond donors (Lipinski definition) is 12. The number of fused-ring (bicyclic) bond motifs is 7. The molecule has 12 N–H and O–H groups in total. The molecule has 3 saturated heterocycles. The SMILES string of the molecule is C/C=C(/C)C(=O)O[C@H]1[C@H](OC(=O)/C(C)=C\C)[C@@]2(CO)C(CC1(C)C)C1=CCC3[C@@]4(C)CC[C@H](O[C@@H]5OC(C(=O)O)[C@@H](O)[C@@H](O[C@@H]6O[C@@H](CO)[C@@H](O)C6O)C5O[C@@H]5OC(CO)[C@H](O)[C@@H](O)C5O)C(C)(C)C4CC[C@@]3(C)[C@]1(C)[C@@H](O)[C@H]2O.[Y].[Y].[Y]. The Morgan fingerprint density at radius 2 is 1.14 bits per heavy atom.